The molecule has 1 amide bonds. The van der Waals surface area contributed by atoms with Gasteiger partial charge in [-0.1, -0.05) is 42.5 Å². The Morgan fingerprint density at radius 1 is 0.941 bits per heavy atom. The third kappa shape index (κ3) is 4.62. The van der Waals surface area contributed by atoms with Gasteiger partial charge < -0.3 is 9.80 Å². The molecule has 0 aliphatic carbocycles. The molecular weight excluding hydrogens is 441 g/mol. The molecule has 8 heteroatoms. The number of rotatable bonds is 4. The SMILES string of the molecule is Cc1c(-c2ccccc2)nnc(N2CCC(N(C)C(=O)c3ccccc3C(F)(F)F)CC2)c1C. The second-order valence-electron chi connectivity index (χ2n) is 8.67. The van der Waals surface area contributed by atoms with Gasteiger partial charge in [0.25, 0.3) is 5.91 Å². The maximum absolute atomic E-state index is 13.4. The minimum Gasteiger partial charge on any atom is -0.355 e. The van der Waals surface area contributed by atoms with E-state index in [0.29, 0.717) is 25.9 Å². The monoisotopic (exact) mass is 468 g/mol. The van der Waals surface area contributed by atoms with Crippen LogP contribution in [-0.2, 0) is 6.18 Å². The Bertz CT molecular complexity index is 1170. The van der Waals surface area contributed by atoms with Crippen molar-refractivity contribution in [3.05, 3.63) is 76.9 Å². The molecule has 0 N–H and O–H groups in total. The van der Waals surface area contributed by atoms with Crippen LogP contribution in [0.5, 0.6) is 0 Å². The molecule has 0 saturated carbocycles. The summed E-state index contributed by atoms with van der Waals surface area (Å²) in [6, 6.07) is 14.7. The van der Waals surface area contributed by atoms with Crippen molar-refractivity contribution < 1.29 is 18.0 Å². The highest BCUT2D eigenvalue weighted by atomic mass is 19.4. The van der Waals surface area contributed by atoms with Crippen LogP contribution in [-0.4, -0.2) is 47.2 Å². The van der Waals surface area contributed by atoms with Gasteiger partial charge in [-0.15, -0.1) is 10.2 Å². The van der Waals surface area contributed by atoms with Gasteiger partial charge in [0, 0.05) is 31.7 Å². The number of hydrogen-bond acceptors (Lipinski definition) is 4. The second kappa shape index (κ2) is 9.44. The molecule has 0 radical (unpaired) electrons. The van der Waals surface area contributed by atoms with Crippen molar-refractivity contribution in [2.24, 2.45) is 0 Å². The lowest BCUT2D eigenvalue weighted by atomic mass is 9.99. The fourth-order valence-corrected chi connectivity index (χ4v) is 4.50. The van der Waals surface area contributed by atoms with Crippen LogP contribution >= 0.6 is 0 Å². The largest absolute Gasteiger partial charge is 0.417 e. The molecule has 1 fully saturated rings. The first-order chi connectivity index (χ1) is 16.2. The topological polar surface area (TPSA) is 49.3 Å². The Morgan fingerprint density at radius 3 is 2.21 bits per heavy atom. The Balaban J connectivity index is 1.47. The molecule has 34 heavy (non-hydrogen) atoms. The third-order valence-corrected chi connectivity index (χ3v) is 6.64. The lowest BCUT2D eigenvalue weighted by Crippen LogP contribution is -2.46. The van der Waals surface area contributed by atoms with Crippen LogP contribution in [0, 0.1) is 13.8 Å². The van der Waals surface area contributed by atoms with Gasteiger partial charge in [-0.3, -0.25) is 4.79 Å². The van der Waals surface area contributed by atoms with E-state index in [9.17, 15) is 18.0 Å². The first kappa shape index (κ1) is 23.7. The smallest absolute Gasteiger partial charge is 0.355 e. The summed E-state index contributed by atoms with van der Waals surface area (Å²) in [5, 5.41) is 8.98. The normalized spacial score (nSPS) is 14.8. The summed E-state index contributed by atoms with van der Waals surface area (Å²) in [6.45, 7) is 5.35. The van der Waals surface area contributed by atoms with Crippen LogP contribution < -0.4 is 4.90 Å². The van der Waals surface area contributed by atoms with Gasteiger partial charge in [-0.05, 0) is 49.9 Å². The number of amides is 1. The van der Waals surface area contributed by atoms with E-state index >= 15 is 0 Å². The van der Waals surface area contributed by atoms with Crippen LogP contribution in [0.4, 0.5) is 19.0 Å². The van der Waals surface area contributed by atoms with E-state index in [2.05, 4.69) is 15.1 Å². The number of alkyl halides is 3. The maximum atomic E-state index is 13.4. The lowest BCUT2D eigenvalue weighted by molar-refractivity contribution is -0.138. The Morgan fingerprint density at radius 2 is 1.56 bits per heavy atom. The molecule has 0 bridgehead atoms. The zero-order valence-electron chi connectivity index (χ0n) is 19.4. The summed E-state index contributed by atoms with van der Waals surface area (Å²) in [5.74, 6) is 0.206. The number of halogens is 3. The van der Waals surface area contributed by atoms with Crippen molar-refractivity contribution in [1.82, 2.24) is 15.1 Å². The van der Waals surface area contributed by atoms with Crippen molar-refractivity contribution in [2.75, 3.05) is 25.0 Å². The van der Waals surface area contributed by atoms with Crippen LogP contribution in [0.3, 0.4) is 0 Å². The molecular formula is C26H27F3N4O. The number of carbonyl (C=O) groups excluding carboxylic acids is 1. The van der Waals surface area contributed by atoms with Gasteiger partial charge in [0.1, 0.15) is 0 Å². The summed E-state index contributed by atoms with van der Waals surface area (Å²) < 4.78 is 40.1. The number of benzene rings is 2. The molecule has 3 aromatic rings. The average molecular weight is 469 g/mol. The molecule has 1 aliphatic heterocycles. The summed E-state index contributed by atoms with van der Waals surface area (Å²) in [7, 11) is 1.58. The van der Waals surface area contributed by atoms with Crippen molar-refractivity contribution >= 4 is 11.7 Å². The number of hydrogen-bond donors (Lipinski definition) is 0. The fourth-order valence-electron chi connectivity index (χ4n) is 4.50. The molecule has 1 aliphatic rings. The first-order valence-corrected chi connectivity index (χ1v) is 11.3. The summed E-state index contributed by atoms with van der Waals surface area (Å²) >= 11 is 0. The van der Waals surface area contributed by atoms with E-state index < -0.39 is 17.6 Å². The third-order valence-electron chi connectivity index (χ3n) is 6.64. The van der Waals surface area contributed by atoms with Gasteiger partial charge >= 0.3 is 6.18 Å². The summed E-state index contributed by atoms with van der Waals surface area (Å²) in [6.07, 6.45) is -3.30. The maximum Gasteiger partial charge on any atom is 0.417 e. The van der Waals surface area contributed by atoms with Gasteiger partial charge in [0.15, 0.2) is 5.82 Å². The van der Waals surface area contributed by atoms with Crippen molar-refractivity contribution in [3.63, 3.8) is 0 Å². The summed E-state index contributed by atoms with van der Waals surface area (Å²) in [5.41, 5.74) is 2.77. The molecule has 2 aromatic carbocycles. The predicted molar refractivity (Wildman–Crippen MR) is 126 cm³/mol. The van der Waals surface area contributed by atoms with E-state index in [1.165, 1.54) is 23.1 Å². The molecule has 1 saturated heterocycles. The lowest BCUT2D eigenvalue weighted by Gasteiger charge is -2.38. The minimum absolute atomic E-state index is 0.150. The Hall–Kier alpha value is -3.42. The standard InChI is InChI=1S/C26H27F3N4O/c1-17-18(2)24(31-30-23(17)19-9-5-4-6-10-19)33-15-13-20(14-16-33)32(3)25(34)21-11-7-8-12-22(21)26(27,28)29/h4-12,20H,13-16H2,1-3H3. The number of carbonyl (C=O) groups is 1. The highest BCUT2D eigenvalue weighted by Crippen LogP contribution is 2.33. The van der Waals surface area contributed by atoms with Gasteiger partial charge in [0.2, 0.25) is 0 Å². The molecule has 5 nitrogen and oxygen atoms in total. The van der Waals surface area contributed by atoms with Crippen LogP contribution in [0.1, 0.15) is 39.9 Å². The van der Waals surface area contributed by atoms with Crippen molar-refractivity contribution in [3.8, 4) is 11.3 Å². The number of nitrogens with zero attached hydrogens (tertiary/aromatic N) is 4. The molecule has 0 atom stereocenters. The number of aromatic nitrogens is 2. The van der Waals surface area contributed by atoms with Gasteiger partial charge in [0.05, 0.1) is 16.8 Å². The van der Waals surface area contributed by atoms with Gasteiger partial charge in [-0.2, -0.15) is 13.2 Å². The predicted octanol–water partition coefficient (Wildman–Crippen LogP) is 5.52. The van der Waals surface area contributed by atoms with Gasteiger partial charge in [-0.25, -0.2) is 0 Å². The van der Waals surface area contributed by atoms with Crippen LogP contribution in [0.25, 0.3) is 11.3 Å². The zero-order valence-corrected chi connectivity index (χ0v) is 19.4. The highest BCUT2D eigenvalue weighted by Gasteiger charge is 2.37. The minimum atomic E-state index is -4.57. The molecule has 178 valence electrons. The number of anilines is 1. The Kier molecular flexibility index (Phi) is 6.59. The fraction of sp³-hybridized carbons (Fsp3) is 0.346. The second-order valence-corrected chi connectivity index (χ2v) is 8.67. The average Bonchev–Trinajstić information content (AvgIpc) is 2.85. The van der Waals surface area contributed by atoms with E-state index in [1.54, 1.807) is 7.05 Å². The molecule has 0 unspecified atom stereocenters. The van der Waals surface area contributed by atoms with E-state index in [0.717, 1.165) is 34.3 Å². The van der Waals surface area contributed by atoms with Crippen molar-refractivity contribution in [1.29, 1.82) is 0 Å². The van der Waals surface area contributed by atoms with Crippen molar-refractivity contribution in [2.45, 2.75) is 38.9 Å². The zero-order chi connectivity index (χ0) is 24.5. The summed E-state index contributed by atoms with van der Waals surface area (Å²) in [4.78, 5) is 16.5. The number of piperidine rings is 1. The molecule has 4 rings (SSSR count). The van der Waals surface area contributed by atoms with Crippen LogP contribution in [0.15, 0.2) is 54.6 Å². The quantitative estimate of drug-likeness (QED) is 0.506. The van der Waals surface area contributed by atoms with E-state index in [4.69, 9.17) is 0 Å². The Labute approximate surface area is 197 Å². The molecule has 2 heterocycles. The first-order valence-electron chi connectivity index (χ1n) is 11.3. The van der Waals surface area contributed by atoms with E-state index in [-0.39, 0.29) is 11.6 Å². The highest BCUT2D eigenvalue weighted by molar-refractivity contribution is 5.96. The van der Waals surface area contributed by atoms with Crippen LogP contribution in [0.2, 0.25) is 0 Å². The van der Waals surface area contributed by atoms with E-state index in [1.807, 2.05) is 44.2 Å². The molecule has 1 aromatic heterocycles. The molecule has 0 spiro atoms.